The second-order valence-electron chi connectivity index (χ2n) is 6.30. The smallest absolute Gasteiger partial charge is 0.274 e. The van der Waals surface area contributed by atoms with Crippen LogP contribution in [0.25, 0.3) is 0 Å². The molecule has 0 aliphatic carbocycles. The molecule has 2 N–H and O–H groups in total. The number of rotatable bonds is 6. The summed E-state index contributed by atoms with van der Waals surface area (Å²) in [5.41, 5.74) is 3.56. The van der Waals surface area contributed by atoms with E-state index in [0.29, 0.717) is 16.9 Å². The van der Waals surface area contributed by atoms with Gasteiger partial charge in [0, 0.05) is 17.3 Å². The number of carbonyl (C=O) groups is 2. The molecule has 0 aliphatic heterocycles. The van der Waals surface area contributed by atoms with Crippen LogP contribution in [-0.4, -0.2) is 16.7 Å². The predicted octanol–water partition coefficient (Wildman–Crippen LogP) is 4.71. The second kappa shape index (κ2) is 8.27. The minimum absolute atomic E-state index is 0.0117. The fraction of sp³-hybridized carbons (Fsp3) is 0.136. The lowest BCUT2D eigenvalue weighted by Gasteiger charge is -2.15. The number of anilines is 2. The molecular weight excluding hydrogens is 338 g/mol. The van der Waals surface area contributed by atoms with Gasteiger partial charge in [-0.25, -0.2) is 4.98 Å². The summed E-state index contributed by atoms with van der Waals surface area (Å²) in [6.45, 7) is 3.58. The topological polar surface area (TPSA) is 71.1 Å². The quantitative estimate of drug-likeness (QED) is 0.625. The summed E-state index contributed by atoms with van der Waals surface area (Å²) in [7, 11) is 0. The van der Waals surface area contributed by atoms with Crippen LogP contribution in [0.5, 0.6) is 0 Å². The molecule has 0 saturated heterocycles. The van der Waals surface area contributed by atoms with E-state index in [1.165, 1.54) is 12.5 Å². The third-order valence-corrected chi connectivity index (χ3v) is 4.23. The van der Waals surface area contributed by atoms with Crippen molar-refractivity contribution < 1.29 is 9.59 Å². The summed E-state index contributed by atoms with van der Waals surface area (Å²) < 4.78 is 0. The number of hydrogen-bond donors (Lipinski definition) is 2. The second-order valence-corrected chi connectivity index (χ2v) is 6.30. The van der Waals surface area contributed by atoms with Crippen molar-refractivity contribution in [2.75, 3.05) is 10.6 Å². The zero-order valence-electron chi connectivity index (χ0n) is 15.3. The highest BCUT2D eigenvalue weighted by molar-refractivity contribution is 6.03. The molecule has 1 aromatic heterocycles. The third-order valence-electron chi connectivity index (χ3n) is 4.23. The maximum absolute atomic E-state index is 12.3. The van der Waals surface area contributed by atoms with E-state index in [4.69, 9.17) is 0 Å². The van der Waals surface area contributed by atoms with E-state index >= 15 is 0 Å². The Morgan fingerprint density at radius 3 is 2.15 bits per heavy atom. The average Bonchev–Trinajstić information content (AvgIpc) is 2.69. The minimum Gasteiger partial charge on any atom is -0.377 e. The van der Waals surface area contributed by atoms with E-state index in [-0.39, 0.29) is 17.7 Å². The molecule has 0 saturated carbocycles. The molecule has 5 heteroatoms. The summed E-state index contributed by atoms with van der Waals surface area (Å²) >= 11 is 0. The van der Waals surface area contributed by atoms with Gasteiger partial charge in [0.1, 0.15) is 5.69 Å². The lowest BCUT2D eigenvalue weighted by Crippen LogP contribution is -2.14. The number of nitrogens with one attached hydrogen (secondary N) is 2. The molecule has 0 fully saturated rings. The van der Waals surface area contributed by atoms with Crippen molar-refractivity contribution in [1.82, 2.24) is 4.98 Å². The van der Waals surface area contributed by atoms with Crippen LogP contribution < -0.4 is 10.6 Å². The Hall–Kier alpha value is -3.47. The van der Waals surface area contributed by atoms with Crippen LogP contribution in [0.15, 0.2) is 72.9 Å². The number of benzene rings is 2. The van der Waals surface area contributed by atoms with Crippen molar-refractivity contribution in [3.63, 3.8) is 0 Å². The first kappa shape index (κ1) is 18.3. The molecule has 27 heavy (non-hydrogen) atoms. The molecule has 1 unspecified atom stereocenters. The molecule has 0 bridgehead atoms. The van der Waals surface area contributed by atoms with Gasteiger partial charge in [-0.05, 0) is 55.8 Å². The van der Waals surface area contributed by atoms with Gasteiger partial charge in [-0.2, -0.15) is 0 Å². The Morgan fingerprint density at radius 1 is 0.889 bits per heavy atom. The normalized spacial score (nSPS) is 11.5. The molecule has 2 aromatic carbocycles. The van der Waals surface area contributed by atoms with Crippen molar-refractivity contribution in [1.29, 1.82) is 0 Å². The number of aromatic nitrogens is 1. The molecule has 0 aliphatic rings. The Bertz CT molecular complexity index is 920. The van der Waals surface area contributed by atoms with E-state index < -0.39 is 0 Å². The predicted molar refractivity (Wildman–Crippen MR) is 107 cm³/mol. The molecule has 3 aromatic rings. The van der Waals surface area contributed by atoms with Crippen LogP contribution in [0.4, 0.5) is 11.4 Å². The fourth-order valence-corrected chi connectivity index (χ4v) is 2.67. The zero-order valence-corrected chi connectivity index (χ0v) is 15.3. The number of Topliss-reactive ketones (excluding diaryl/α,β-unsaturated/α-hetero) is 1. The minimum atomic E-state index is -0.298. The maximum atomic E-state index is 12.3. The number of hydrogen-bond acceptors (Lipinski definition) is 4. The van der Waals surface area contributed by atoms with Gasteiger partial charge in [-0.3, -0.25) is 9.59 Å². The van der Waals surface area contributed by atoms with Crippen LogP contribution in [0.2, 0.25) is 0 Å². The first-order valence-corrected chi connectivity index (χ1v) is 8.73. The Morgan fingerprint density at radius 2 is 1.56 bits per heavy atom. The monoisotopic (exact) mass is 359 g/mol. The number of nitrogens with zero attached hydrogens (tertiary/aromatic N) is 1. The van der Waals surface area contributed by atoms with Crippen LogP contribution >= 0.6 is 0 Å². The maximum Gasteiger partial charge on any atom is 0.274 e. The van der Waals surface area contributed by atoms with Gasteiger partial charge in [0.15, 0.2) is 5.78 Å². The van der Waals surface area contributed by atoms with Crippen molar-refractivity contribution in [2.45, 2.75) is 19.9 Å². The lowest BCUT2D eigenvalue weighted by atomic mass is 10.1. The lowest BCUT2D eigenvalue weighted by molar-refractivity contribution is 0.101. The van der Waals surface area contributed by atoms with E-state index in [1.807, 2.05) is 24.3 Å². The van der Waals surface area contributed by atoms with Crippen molar-refractivity contribution in [3.05, 3.63) is 89.7 Å². The van der Waals surface area contributed by atoms with E-state index in [0.717, 1.165) is 5.69 Å². The van der Waals surface area contributed by atoms with Gasteiger partial charge < -0.3 is 10.6 Å². The summed E-state index contributed by atoms with van der Waals surface area (Å²) in [6.07, 6.45) is 1.65. The molecule has 1 heterocycles. The van der Waals surface area contributed by atoms with Crippen LogP contribution in [0, 0.1) is 0 Å². The van der Waals surface area contributed by atoms with E-state index in [9.17, 15) is 9.59 Å². The summed E-state index contributed by atoms with van der Waals surface area (Å²) in [5, 5.41) is 6.14. The number of amides is 1. The molecule has 0 spiro atoms. The molecule has 136 valence electrons. The molecule has 1 amide bonds. The first-order chi connectivity index (χ1) is 13.0. The third kappa shape index (κ3) is 4.79. The van der Waals surface area contributed by atoms with Gasteiger partial charge >= 0.3 is 0 Å². The molecular formula is C22H21N3O2. The fourth-order valence-electron chi connectivity index (χ4n) is 2.67. The van der Waals surface area contributed by atoms with E-state index in [1.54, 1.807) is 36.5 Å². The van der Waals surface area contributed by atoms with Crippen LogP contribution in [0.3, 0.4) is 0 Å². The van der Waals surface area contributed by atoms with E-state index in [2.05, 4.69) is 34.7 Å². The Labute approximate surface area is 158 Å². The molecule has 1 atom stereocenters. The largest absolute Gasteiger partial charge is 0.377 e. The van der Waals surface area contributed by atoms with Gasteiger partial charge in [0.05, 0.1) is 11.9 Å². The SMILES string of the molecule is CC(=O)c1ccc(NC(=O)c2ccc(NC(C)c3ccccc3)cn2)cc1. The number of carbonyl (C=O) groups excluding carboxylic acids is 2. The van der Waals surface area contributed by atoms with Gasteiger partial charge in [-0.15, -0.1) is 0 Å². The average molecular weight is 359 g/mol. The highest BCUT2D eigenvalue weighted by Gasteiger charge is 2.10. The zero-order chi connectivity index (χ0) is 19.2. The highest BCUT2D eigenvalue weighted by atomic mass is 16.2. The van der Waals surface area contributed by atoms with Gasteiger partial charge in [0.25, 0.3) is 5.91 Å². The Balaban J connectivity index is 1.62. The van der Waals surface area contributed by atoms with Gasteiger partial charge in [0.2, 0.25) is 0 Å². The highest BCUT2D eigenvalue weighted by Crippen LogP contribution is 2.19. The summed E-state index contributed by atoms with van der Waals surface area (Å²) in [4.78, 5) is 27.9. The summed E-state index contributed by atoms with van der Waals surface area (Å²) in [5.74, 6) is -0.310. The standard InChI is InChI=1S/C22H21N3O2/c1-15(17-6-4-3-5-7-17)24-20-12-13-21(23-14-20)22(27)25-19-10-8-18(9-11-19)16(2)26/h3-15,24H,1-2H3,(H,25,27). The molecule has 3 rings (SSSR count). The summed E-state index contributed by atoms with van der Waals surface area (Å²) in [6, 6.07) is 20.5. The first-order valence-electron chi connectivity index (χ1n) is 8.73. The number of ketones is 1. The van der Waals surface area contributed by atoms with Gasteiger partial charge in [-0.1, -0.05) is 30.3 Å². The van der Waals surface area contributed by atoms with Crippen molar-refractivity contribution in [2.24, 2.45) is 0 Å². The van der Waals surface area contributed by atoms with Crippen molar-refractivity contribution in [3.8, 4) is 0 Å². The Kier molecular flexibility index (Phi) is 5.61. The van der Waals surface area contributed by atoms with Crippen LogP contribution in [-0.2, 0) is 0 Å². The molecule has 5 nitrogen and oxygen atoms in total. The number of pyridine rings is 1. The van der Waals surface area contributed by atoms with Crippen LogP contribution in [0.1, 0.15) is 46.3 Å². The van der Waals surface area contributed by atoms with Crippen molar-refractivity contribution >= 4 is 23.1 Å². The molecule has 0 radical (unpaired) electrons.